The summed E-state index contributed by atoms with van der Waals surface area (Å²) < 4.78 is 5.10. The molecule has 0 unspecified atom stereocenters. The molecule has 0 aromatic carbocycles. The maximum Gasteiger partial charge on any atom is 0.246 e. The molecule has 0 saturated carbocycles. The molecule has 0 radical (unpaired) electrons. The van der Waals surface area contributed by atoms with E-state index < -0.39 is 0 Å². The summed E-state index contributed by atoms with van der Waals surface area (Å²) in [6.45, 7) is 1.59. The first-order chi connectivity index (χ1) is 12.1. The van der Waals surface area contributed by atoms with Gasteiger partial charge in [-0.1, -0.05) is 5.16 Å². The molecule has 1 aliphatic heterocycles. The largest absolute Gasteiger partial charge is 0.369 e. The van der Waals surface area contributed by atoms with Gasteiger partial charge in [0.1, 0.15) is 0 Å². The number of nitrogens with two attached hydrogens (primary N) is 1. The molecule has 1 aliphatic rings. The predicted molar refractivity (Wildman–Crippen MR) is 85.5 cm³/mol. The first kappa shape index (κ1) is 17.0. The number of piperidine rings is 1. The summed E-state index contributed by atoms with van der Waals surface area (Å²) in [5, 5.41) is 6.59. The summed E-state index contributed by atoms with van der Waals surface area (Å²) in [4.78, 5) is 37.5. The van der Waals surface area contributed by atoms with Gasteiger partial charge in [0, 0.05) is 18.9 Å². The Labute approximate surface area is 143 Å². The lowest BCUT2D eigenvalue weighted by atomic mass is 9.97. The van der Waals surface area contributed by atoms with Crippen molar-refractivity contribution >= 4 is 11.8 Å². The van der Waals surface area contributed by atoms with E-state index in [4.69, 9.17) is 10.3 Å². The van der Waals surface area contributed by atoms with Gasteiger partial charge in [-0.05, 0) is 25.5 Å². The zero-order chi connectivity index (χ0) is 17.6. The molecule has 1 atom stereocenters. The number of amides is 2. The van der Waals surface area contributed by atoms with E-state index in [1.807, 2.05) is 4.90 Å². The van der Waals surface area contributed by atoms with Crippen molar-refractivity contribution in [2.45, 2.75) is 19.4 Å². The molecule has 10 nitrogen and oxygen atoms in total. The third kappa shape index (κ3) is 4.57. The Balaban J connectivity index is 1.52. The highest BCUT2D eigenvalue weighted by molar-refractivity contribution is 5.79. The fourth-order valence-corrected chi connectivity index (χ4v) is 2.77. The van der Waals surface area contributed by atoms with E-state index in [1.165, 1.54) is 0 Å². The van der Waals surface area contributed by atoms with E-state index in [1.54, 1.807) is 18.5 Å². The number of nitrogens with zero attached hydrogens (tertiary/aromatic N) is 5. The normalized spacial score (nSPS) is 18.0. The van der Waals surface area contributed by atoms with E-state index in [-0.39, 0.29) is 42.5 Å². The molecule has 3 heterocycles. The molecule has 1 saturated heterocycles. The van der Waals surface area contributed by atoms with E-state index in [0.717, 1.165) is 19.4 Å². The van der Waals surface area contributed by atoms with Crippen LogP contribution in [0.15, 0.2) is 23.0 Å². The second kappa shape index (κ2) is 7.79. The van der Waals surface area contributed by atoms with Crippen LogP contribution in [0.1, 0.15) is 18.7 Å². The number of rotatable bonds is 6. The number of primary amides is 1. The summed E-state index contributed by atoms with van der Waals surface area (Å²) in [6.07, 6.45) is 4.79. The van der Waals surface area contributed by atoms with Gasteiger partial charge in [-0.3, -0.25) is 14.5 Å². The molecule has 1 fully saturated rings. The molecule has 132 valence electrons. The highest BCUT2D eigenvalue weighted by atomic mass is 16.5. The quantitative estimate of drug-likeness (QED) is 0.703. The van der Waals surface area contributed by atoms with Crippen LogP contribution in [0.3, 0.4) is 0 Å². The topological polar surface area (TPSA) is 140 Å². The van der Waals surface area contributed by atoms with Crippen molar-refractivity contribution in [3.63, 3.8) is 0 Å². The monoisotopic (exact) mass is 345 g/mol. The number of likely N-dealkylation sites (tertiary alicyclic amines) is 1. The molecular formula is C15H19N7O3. The number of carbonyl (C=O) groups is 2. The lowest BCUT2D eigenvalue weighted by molar-refractivity contribution is -0.128. The van der Waals surface area contributed by atoms with Crippen molar-refractivity contribution in [3.8, 4) is 11.6 Å². The first-order valence-electron chi connectivity index (χ1n) is 8.00. The first-order valence-corrected chi connectivity index (χ1v) is 8.00. The molecule has 0 bridgehead atoms. The van der Waals surface area contributed by atoms with Gasteiger partial charge in [0.2, 0.25) is 29.4 Å². The van der Waals surface area contributed by atoms with Gasteiger partial charge in [0.25, 0.3) is 0 Å². The van der Waals surface area contributed by atoms with Gasteiger partial charge in [0.15, 0.2) is 0 Å². The third-order valence-electron chi connectivity index (χ3n) is 3.90. The maximum atomic E-state index is 12.3. The fraction of sp³-hybridized carbons (Fsp3) is 0.467. The minimum absolute atomic E-state index is 0.107. The van der Waals surface area contributed by atoms with Gasteiger partial charge in [-0.2, -0.15) is 4.98 Å². The number of carbonyl (C=O) groups excluding carboxylic acids is 2. The molecular weight excluding hydrogens is 326 g/mol. The zero-order valence-electron chi connectivity index (χ0n) is 13.6. The Morgan fingerprint density at radius 1 is 1.32 bits per heavy atom. The van der Waals surface area contributed by atoms with Crippen LogP contribution >= 0.6 is 0 Å². The second-order valence-electron chi connectivity index (χ2n) is 5.84. The van der Waals surface area contributed by atoms with Crippen molar-refractivity contribution in [2.75, 3.05) is 19.6 Å². The van der Waals surface area contributed by atoms with Crippen LogP contribution in [-0.4, -0.2) is 56.5 Å². The molecule has 0 aliphatic carbocycles. The van der Waals surface area contributed by atoms with Gasteiger partial charge < -0.3 is 15.6 Å². The van der Waals surface area contributed by atoms with Crippen molar-refractivity contribution < 1.29 is 14.1 Å². The van der Waals surface area contributed by atoms with Crippen LogP contribution in [0.5, 0.6) is 0 Å². The second-order valence-corrected chi connectivity index (χ2v) is 5.84. The molecule has 0 spiro atoms. The minimum Gasteiger partial charge on any atom is -0.369 e. The van der Waals surface area contributed by atoms with Crippen LogP contribution in [0.25, 0.3) is 11.6 Å². The van der Waals surface area contributed by atoms with Crippen LogP contribution < -0.4 is 11.1 Å². The smallest absolute Gasteiger partial charge is 0.246 e. The Hall–Kier alpha value is -2.88. The van der Waals surface area contributed by atoms with Crippen LogP contribution in [0.2, 0.25) is 0 Å². The summed E-state index contributed by atoms with van der Waals surface area (Å²) in [6, 6.07) is 1.69. The van der Waals surface area contributed by atoms with Crippen molar-refractivity contribution in [1.29, 1.82) is 0 Å². The number of aromatic nitrogens is 4. The zero-order valence-corrected chi connectivity index (χ0v) is 13.6. The number of hydrogen-bond donors (Lipinski definition) is 2. The molecule has 2 amide bonds. The van der Waals surface area contributed by atoms with E-state index in [2.05, 4.69) is 25.4 Å². The lowest BCUT2D eigenvalue weighted by Gasteiger charge is -2.30. The van der Waals surface area contributed by atoms with E-state index >= 15 is 0 Å². The van der Waals surface area contributed by atoms with Crippen molar-refractivity contribution in [1.82, 2.24) is 30.3 Å². The van der Waals surface area contributed by atoms with Crippen LogP contribution in [0.4, 0.5) is 0 Å². The average Bonchev–Trinajstić information content (AvgIpc) is 3.09. The Bertz CT molecular complexity index is 734. The highest BCUT2D eigenvalue weighted by Gasteiger charge is 2.26. The predicted octanol–water partition coefficient (Wildman–Crippen LogP) is -0.660. The molecule has 3 N–H and O–H groups in total. The van der Waals surface area contributed by atoms with E-state index in [0.29, 0.717) is 12.4 Å². The summed E-state index contributed by atoms with van der Waals surface area (Å²) in [5.74, 6) is 0.231. The highest BCUT2D eigenvalue weighted by Crippen LogP contribution is 2.16. The van der Waals surface area contributed by atoms with Gasteiger partial charge in [-0.25, -0.2) is 9.97 Å². The Morgan fingerprint density at radius 2 is 2.12 bits per heavy atom. The van der Waals surface area contributed by atoms with Crippen molar-refractivity contribution in [3.05, 3.63) is 24.4 Å². The van der Waals surface area contributed by atoms with Crippen LogP contribution in [0, 0.1) is 5.92 Å². The molecule has 2 aromatic rings. The number of hydrogen-bond acceptors (Lipinski definition) is 8. The summed E-state index contributed by atoms with van der Waals surface area (Å²) >= 11 is 0. The fourth-order valence-electron chi connectivity index (χ4n) is 2.77. The SMILES string of the molecule is NC(=O)CN1CCC[C@H](C(=O)NCc2nc(-c3ncccn3)no2)C1. The lowest BCUT2D eigenvalue weighted by Crippen LogP contribution is -2.45. The van der Waals surface area contributed by atoms with Gasteiger partial charge in [0.05, 0.1) is 19.0 Å². The average molecular weight is 345 g/mol. The summed E-state index contributed by atoms with van der Waals surface area (Å²) in [5.41, 5.74) is 5.21. The van der Waals surface area contributed by atoms with E-state index in [9.17, 15) is 9.59 Å². The third-order valence-corrected chi connectivity index (χ3v) is 3.90. The molecule has 3 rings (SSSR count). The Kier molecular flexibility index (Phi) is 5.29. The standard InChI is InChI=1S/C15H19N7O3/c16-11(23)9-22-6-1-3-10(8-22)15(24)19-7-12-20-14(21-25-12)13-17-4-2-5-18-13/h2,4-5,10H,1,3,6-9H2,(H2,16,23)(H,19,24)/t10-/m0/s1. The minimum atomic E-state index is -0.387. The summed E-state index contributed by atoms with van der Waals surface area (Å²) in [7, 11) is 0. The van der Waals surface area contributed by atoms with Gasteiger partial charge >= 0.3 is 0 Å². The van der Waals surface area contributed by atoms with Gasteiger partial charge in [-0.15, -0.1) is 0 Å². The number of nitrogens with one attached hydrogen (secondary N) is 1. The molecule has 2 aromatic heterocycles. The molecule has 25 heavy (non-hydrogen) atoms. The Morgan fingerprint density at radius 3 is 2.88 bits per heavy atom. The molecule has 10 heteroatoms. The maximum absolute atomic E-state index is 12.3. The van der Waals surface area contributed by atoms with Crippen LogP contribution in [-0.2, 0) is 16.1 Å². The van der Waals surface area contributed by atoms with Crippen molar-refractivity contribution in [2.24, 2.45) is 11.7 Å².